The number of rotatable bonds is 10. The standard InChI is InChI=1S/C23H42O/c1-3-5-6-7-8-20-9-11-21(12-10-20)13-14-22-15-17-23(18-16-22)24-19-4-2/h7-8,20-23H,3-6,9-19H2,1-2H3/b8-7+. The molecule has 0 bridgehead atoms. The Kier molecular flexibility index (Phi) is 10.1. The fraction of sp³-hybridized carbons (Fsp3) is 0.913. The molecule has 2 saturated carbocycles. The number of ether oxygens (including phenoxy) is 1. The molecule has 0 amide bonds. The molecule has 0 aliphatic heterocycles. The lowest BCUT2D eigenvalue weighted by Gasteiger charge is -2.31. The molecule has 0 aromatic rings. The Labute approximate surface area is 151 Å². The van der Waals surface area contributed by atoms with Crippen molar-refractivity contribution in [2.24, 2.45) is 17.8 Å². The monoisotopic (exact) mass is 334 g/mol. The molecular weight excluding hydrogens is 292 g/mol. The molecule has 0 spiro atoms. The van der Waals surface area contributed by atoms with Crippen LogP contribution in [0.15, 0.2) is 12.2 Å². The van der Waals surface area contributed by atoms with E-state index in [2.05, 4.69) is 26.0 Å². The minimum atomic E-state index is 0.580. The second kappa shape index (κ2) is 12.1. The zero-order chi connectivity index (χ0) is 17.0. The summed E-state index contributed by atoms with van der Waals surface area (Å²) in [5.41, 5.74) is 0. The van der Waals surface area contributed by atoms with Gasteiger partial charge in [0.2, 0.25) is 0 Å². The molecule has 0 saturated heterocycles. The van der Waals surface area contributed by atoms with Crippen molar-refractivity contribution in [2.75, 3.05) is 6.61 Å². The summed E-state index contributed by atoms with van der Waals surface area (Å²) in [4.78, 5) is 0. The van der Waals surface area contributed by atoms with Crippen LogP contribution in [0.3, 0.4) is 0 Å². The number of allylic oxidation sites excluding steroid dienone is 2. The van der Waals surface area contributed by atoms with Gasteiger partial charge in [0, 0.05) is 6.61 Å². The van der Waals surface area contributed by atoms with Crippen LogP contribution in [0.4, 0.5) is 0 Å². The van der Waals surface area contributed by atoms with Crippen molar-refractivity contribution >= 4 is 0 Å². The Balaban J connectivity index is 1.53. The lowest BCUT2D eigenvalue weighted by atomic mass is 9.77. The molecule has 0 aromatic carbocycles. The SMILES string of the molecule is CCCC/C=C/C1CCC(CCC2CCC(OCCC)CC2)CC1. The first-order valence-electron chi connectivity index (χ1n) is 11.1. The van der Waals surface area contributed by atoms with Crippen LogP contribution in [0.25, 0.3) is 0 Å². The van der Waals surface area contributed by atoms with Gasteiger partial charge in [-0.1, -0.05) is 51.7 Å². The van der Waals surface area contributed by atoms with Crippen LogP contribution in [0.1, 0.15) is 104 Å². The summed E-state index contributed by atoms with van der Waals surface area (Å²) in [6.45, 7) is 5.45. The lowest BCUT2D eigenvalue weighted by molar-refractivity contribution is 0.0168. The highest BCUT2D eigenvalue weighted by Crippen LogP contribution is 2.36. The first-order valence-corrected chi connectivity index (χ1v) is 11.1. The van der Waals surface area contributed by atoms with Gasteiger partial charge in [-0.05, 0) is 82.0 Å². The summed E-state index contributed by atoms with van der Waals surface area (Å²) in [5.74, 6) is 2.92. The Hall–Kier alpha value is -0.300. The minimum absolute atomic E-state index is 0.580. The van der Waals surface area contributed by atoms with Gasteiger partial charge in [0.15, 0.2) is 0 Å². The molecule has 1 nitrogen and oxygen atoms in total. The van der Waals surface area contributed by atoms with E-state index >= 15 is 0 Å². The smallest absolute Gasteiger partial charge is 0.0575 e. The molecule has 2 aliphatic rings. The summed E-state index contributed by atoms with van der Waals surface area (Å²) in [6, 6.07) is 0. The van der Waals surface area contributed by atoms with Gasteiger partial charge in [-0.15, -0.1) is 0 Å². The van der Waals surface area contributed by atoms with Crippen LogP contribution in [0.5, 0.6) is 0 Å². The first kappa shape index (κ1) is 20.0. The summed E-state index contributed by atoms with van der Waals surface area (Å²) >= 11 is 0. The van der Waals surface area contributed by atoms with Gasteiger partial charge in [0.1, 0.15) is 0 Å². The van der Waals surface area contributed by atoms with Gasteiger partial charge in [0.05, 0.1) is 6.10 Å². The van der Waals surface area contributed by atoms with Crippen LogP contribution in [0, 0.1) is 17.8 Å². The summed E-state index contributed by atoms with van der Waals surface area (Å²) < 4.78 is 5.93. The molecule has 0 heterocycles. The van der Waals surface area contributed by atoms with Gasteiger partial charge in [-0.25, -0.2) is 0 Å². The molecule has 0 atom stereocenters. The van der Waals surface area contributed by atoms with Crippen molar-refractivity contribution < 1.29 is 4.74 Å². The molecule has 1 heteroatoms. The second-order valence-electron chi connectivity index (χ2n) is 8.44. The van der Waals surface area contributed by atoms with Gasteiger partial charge < -0.3 is 4.74 Å². The van der Waals surface area contributed by atoms with Crippen molar-refractivity contribution in [3.63, 3.8) is 0 Å². The van der Waals surface area contributed by atoms with Crippen molar-refractivity contribution in [1.82, 2.24) is 0 Å². The normalized spacial score (nSPS) is 31.6. The lowest BCUT2D eigenvalue weighted by Crippen LogP contribution is -2.22. The Bertz CT molecular complexity index is 319. The van der Waals surface area contributed by atoms with Crippen LogP contribution >= 0.6 is 0 Å². The molecule has 0 unspecified atom stereocenters. The Morgan fingerprint density at radius 1 is 0.792 bits per heavy atom. The van der Waals surface area contributed by atoms with Crippen LogP contribution in [-0.4, -0.2) is 12.7 Å². The third-order valence-electron chi connectivity index (χ3n) is 6.36. The quantitative estimate of drug-likeness (QED) is 0.301. The molecule has 2 rings (SSSR count). The number of unbranched alkanes of at least 4 members (excludes halogenated alkanes) is 2. The van der Waals surface area contributed by atoms with E-state index in [1.165, 1.54) is 83.5 Å². The predicted molar refractivity (Wildman–Crippen MR) is 105 cm³/mol. The van der Waals surface area contributed by atoms with Crippen LogP contribution in [0.2, 0.25) is 0 Å². The number of hydrogen-bond donors (Lipinski definition) is 0. The van der Waals surface area contributed by atoms with Crippen LogP contribution < -0.4 is 0 Å². The van der Waals surface area contributed by atoms with E-state index in [4.69, 9.17) is 4.74 Å². The van der Waals surface area contributed by atoms with Gasteiger partial charge in [-0.3, -0.25) is 0 Å². The Morgan fingerprint density at radius 3 is 2.00 bits per heavy atom. The van der Waals surface area contributed by atoms with E-state index in [0.717, 1.165) is 30.8 Å². The maximum atomic E-state index is 5.93. The largest absolute Gasteiger partial charge is 0.378 e. The van der Waals surface area contributed by atoms with E-state index in [0.29, 0.717) is 6.10 Å². The zero-order valence-corrected chi connectivity index (χ0v) is 16.5. The highest BCUT2D eigenvalue weighted by atomic mass is 16.5. The average molecular weight is 335 g/mol. The summed E-state index contributed by atoms with van der Waals surface area (Å²) in [5, 5.41) is 0. The third kappa shape index (κ3) is 7.72. The molecule has 0 aromatic heterocycles. The highest BCUT2D eigenvalue weighted by molar-refractivity contribution is 4.91. The van der Waals surface area contributed by atoms with E-state index < -0.39 is 0 Å². The highest BCUT2D eigenvalue weighted by Gasteiger charge is 2.24. The van der Waals surface area contributed by atoms with E-state index in [1.807, 2.05) is 0 Å². The molecule has 2 fully saturated rings. The fourth-order valence-electron chi connectivity index (χ4n) is 4.62. The van der Waals surface area contributed by atoms with Crippen LogP contribution in [-0.2, 0) is 4.74 Å². The van der Waals surface area contributed by atoms with Crippen molar-refractivity contribution in [1.29, 1.82) is 0 Å². The predicted octanol–water partition coefficient (Wildman–Crippen LogP) is 7.30. The average Bonchev–Trinajstić information content (AvgIpc) is 2.64. The van der Waals surface area contributed by atoms with Gasteiger partial charge in [0.25, 0.3) is 0 Å². The maximum absolute atomic E-state index is 5.93. The number of hydrogen-bond acceptors (Lipinski definition) is 1. The molecule has 2 aliphatic carbocycles. The second-order valence-corrected chi connectivity index (χ2v) is 8.44. The van der Waals surface area contributed by atoms with Crippen molar-refractivity contribution in [3.05, 3.63) is 12.2 Å². The first-order chi connectivity index (χ1) is 11.8. The van der Waals surface area contributed by atoms with Gasteiger partial charge in [-0.2, -0.15) is 0 Å². The van der Waals surface area contributed by atoms with E-state index in [9.17, 15) is 0 Å². The van der Waals surface area contributed by atoms with Gasteiger partial charge >= 0.3 is 0 Å². The zero-order valence-electron chi connectivity index (χ0n) is 16.5. The van der Waals surface area contributed by atoms with E-state index in [-0.39, 0.29) is 0 Å². The van der Waals surface area contributed by atoms with Crippen molar-refractivity contribution in [2.45, 2.75) is 110 Å². The molecule has 140 valence electrons. The summed E-state index contributed by atoms with van der Waals surface area (Å²) in [6.07, 6.45) is 25.0. The molecule has 24 heavy (non-hydrogen) atoms. The molecule has 0 N–H and O–H groups in total. The van der Waals surface area contributed by atoms with Crippen molar-refractivity contribution in [3.8, 4) is 0 Å². The maximum Gasteiger partial charge on any atom is 0.0575 e. The fourth-order valence-corrected chi connectivity index (χ4v) is 4.62. The molecule has 0 radical (unpaired) electrons. The minimum Gasteiger partial charge on any atom is -0.378 e. The third-order valence-corrected chi connectivity index (χ3v) is 6.36. The molecular formula is C23H42O. The Morgan fingerprint density at radius 2 is 1.42 bits per heavy atom. The summed E-state index contributed by atoms with van der Waals surface area (Å²) in [7, 11) is 0. The van der Waals surface area contributed by atoms with E-state index in [1.54, 1.807) is 0 Å². The topological polar surface area (TPSA) is 9.23 Å².